The molecule has 0 spiro atoms. The summed E-state index contributed by atoms with van der Waals surface area (Å²) in [6, 6.07) is 0. The number of phosphoric acid groups is 1. The average Bonchev–Trinajstić information content (AvgIpc) is 0.722. The number of hydrogen-bond acceptors (Lipinski definition) is 1. The van der Waals surface area contributed by atoms with E-state index in [1.165, 1.54) is 0 Å². The summed E-state index contributed by atoms with van der Waals surface area (Å²) in [5.41, 5.74) is 0. The van der Waals surface area contributed by atoms with Gasteiger partial charge in [-0.3, -0.25) is 0 Å². The molecule has 0 aliphatic heterocycles. The smallest absolute Gasteiger partial charge is 1.00 e. The van der Waals surface area contributed by atoms with E-state index in [1.54, 1.807) is 0 Å². The van der Waals surface area contributed by atoms with Crippen LogP contribution in [0.15, 0.2) is 0 Å². The second kappa shape index (κ2) is 14.4. The Morgan fingerprint density at radius 3 is 1.22 bits per heavy atom. The van der Waals surface area contributed by atoms with Crippen LogP contribution in [0.1, 0.15) is 4.28 Å². The van der Waals surface area contributed by atoms with E-state index in [2.05, 4.69) is 0 Å². The second-order valence-electron chi connectivity index (χ2n) is 0.513. The maximum Gasteiger partial charge on any atom is 1.00 e. The molecule has 0 saturated carbocycles. The maximum absolute atomic E-state index is 8.88. The van der Waals surface area contributed by atoms with Crippen molar-refractivity contribution in [3.05, 3.63) is 0 Å². The molecular formula is H6FeKLiNaO4P. The Morgan fingerprint density at radius 1 is 1.22 bits per heavy atom. The van der Waals surface area contributed by atoms with Crippen LogP contribution in [0.25, 0.3) is 0 Å². The molecule has 0 aromatic carbocycles. The van der Waals surface area contributed by atoms with E-state index in [1.807, 2.05) is 0 Å². The van der Waals surface area contributed by atoms with Gasteiger partial charge in [-0.2, -0.15) is 0 Å². The molecule has 9 heavy (non-hydrogen) atoms. The van der Waals surface area contributed by atoms with Crippen molar-refractivity contribution in [1.82, 2.24) is 0 Å². The van der Waals surface area contributed by atoms with Crippen LogP contribution in [0.4, 0.5) is 0 Å². The molecule has 0 rings (SSSR count). The van der Waals surface area contributed by atoms with E-state index in [9.17, 15) is 0 Å². The van der Waals surface area contributed by atoms with Crippen LogP contribution in [0.2, 0.25) is 0 Å². The van der Waals surface area contributed by atoms with Crippen LogP contribution < -0.4 is 99.8 Å². The van der Waals surface area contributed by atoms with Crippen molar-refractivity contribution in [2.75, 3.05) is 0 Å². The topological polar surface area (TPSA) is 77.8 Å². The number of rotatable bonds is 0. The van der Waals surface area contributed by atoms with Crippen LogP contribution in [-0.4, -0.2) is 14.7 Å². The zero-order valence-corrected chi connectivity index (χ0v) is 12.7. The van der Waals surface area contributed by atoms with Gasteiger partial charge in [-0.15, -0.1) is 0 Å². The van der Waals surface area contributed by atoms with E-state index >= 15 is 0 Å². The summed E-state index contributed by atoms with van der Waals surface area (Å²) >= 11 is 0. The molecule has 4 nitrogen and oxygen atoms in total. The second-order valence-corrected chi connectivity index (χ2v) is 1.54. The van der Waals surface area contributed by atoms with Gasteiger partial charge in [-0.05, 0) is 0 Å². The third kappa shape index (κ3) is 77.3. The molecule has 0 aromatic heterocycles. The van der Waals surface area contributed by atoms with E-state index in [0.717, 1.165) is 0 Å². The predicted octanol–water partition coefficient (Wildman–Crippen LogP) is -9.58. The van der Waals surface area contributed by atoms with Gasteiger partial charge in [0.15, 0.2) is 0 Å². The Kier molecular flexibility index (Phi) is 46.8. The van der Waals surface area contributed by atoms with Crippen molar-refractivity contribution in [3.63, 3.8) is 0 Å². The monoisotopic (exact) mass is 226 g/mol. The van der Waals surface area contributed by atoms with E-state index in [-0.39, 0.29) is 121 Å². The van der Waals surface area contributed by atoms with Crippen molar-refractivity contribution < 1.29 is 140 Å². The fourth-order valence-electron chi connectivity index (χ4n) is 0. The third-order valence-corrected chi connectivity index (χ3v) is 0. The van der Waals surface area contributed by atoms with Gasteiger partial charge < -0.3 is 19.0 Å². The molecule has 46 valence electrons. The molecule has 0 fully saturated rings. The normalized spacial score (nSPS) is 6.56. The molecule has 0 heterocycles. The van der Waals surface area contributed by atoms with Gasteiger partial charge in [0, 0.05) is 17.1 Å². The standard InChI is InChI=1S/Fe.K.Li.Na.H3O4P.3H/c;;;;1-5(2,3)4;;;/h;;;;(H3,1,2,3,4);;;/q;3*+1;;3*-1. The average molecular weight is 226 g/mol. The molecule has 0 radical (unpaired) electrons. The molecule has 0 atom stereocenters. The summed E-state index contributed by atoms with van der Waals surface area (Å²) in [5.74, 6) is 0. The minimum Gasteiger partial charge on any atom is -1.00 e. The van der Waals surface area contributed by atoms with E-state index in [0.29, 0.717) is 0 Å². The molecule has 0 bridgehead atoms. The number of hydrogen-bond donors (Lipinski definition) is 3. The van der Waals surface area contributed by atoms with Crippen LogP contribution >= 0.6 is 7.82 Å². The first-order valence-electron chi connectivity index (χ1n) is 0.783. The first-order valence-corrected chi connectivity index (χ1v) is 2.35. The first-order chi connectivity index (χ1) is 2.00. The minimum atomic E-state index is -4.64. The van der Waals surface area contributed by atoms with Crippen molar-refractivity contribution in [1.29, 1.82) is 0 Å². The molecule has 3 N–H and O–H groups in total. The minimum absolute atomic E-state index is 0. The molecule has 0 aliphatic rings. The molecular weight excluding hydrogens is 220 g/mol. The maximum atomic E-state index is 8.88. The van der Waals surface area contributed by atoms with Gasteiger partial charge in [0.1, 0.15) is 0 Å². The van der Waals surface area contributed by atoms with Gasteiger partial charge in [-0.25, -0.2) is 4.57 Å². The molecule has 0 unspecified atom stereocenters. The zero-order chi connectivity index (χ0) is 4.50. The molecule has 0 saturated heterocycles. The summed E-state index contributed by atoms with van der Waals surface area (Å²) in [6.07, 6.45) is 0. The van der Waals surface area contributed by atoms with Gasteiger partial charge in [0.2, 0.25) is 0 Å². The Bertz CT molecular complexity index is 76.4. The SMILES string of the molecule is O=P(O)(O)O.[Fe].[H-].[H-].[H-].[K+].[Li+].[Na+]. The zero-order valence-electron chi connectivity index (χ0n) is 8.55. The van der Waals surface area contributed by atoms with Gasteiger partial charge in [0.25, 0.3) is 0 Å². The molecule has 0 aliphatic carbocycles. The van der Waals surface area contributed by atoms with Crippen molar-refractivity contribution in [2.24, 2.45) is 0 Å². The molecule has 0 amide bonds. The summed E-state index contributed by atoms with van der Waals surface area (Å²) in [6.45, 7) is 0. The van der Waals surface area contributed by atoms with Crippen LogP contribution in [-0.2, 0) is 21.6 Å². The van der Waals surface area contributed by atoms with Gasteiger partial charge >= 0.3 is 108 Å². The largest absolute Gasteiger partial charge is 1.00 e. The Labute approximate surface area is 145 Å². The van der Waals surface area contributed by atoms with Crippen LogP contribution in [0.5, 0.6) is 0 Å². The summed E-state index contributed by atoms with van der Waals surface area (Å²) in [5, 5.41) is 0. The quantitative estimate of drug-likeness (QED) is 0.283. The summed E-state index contributed by atoms with van der Waals surface area (Å²) in [7, 11) is -4.64. The fraction of sp³-hybridized carbons (Fsp3) is 0. The third-order valence-electron chi connectivity index (χ3n) is 0. The van der Waals surface area contributed by atoms with Crippen molar-refractivity contribution in [2.45, 2.75) is 0 Å². The van der Waals surface area contributed by atoms with Gasteiger partial charge in [-0.1, -0.05) is 0 Å². The van der Waals surface area contributed by atoms with Crippen LogP contribution in [0, 0.1) is 0 Å². The van der Waals surface area contributed by atoms with Crippen molar-refractivity contribution in [3.8, 4) is 0 Å². The van der Waals surface area contributed by atoms with Gasteiger partial charge in [0.05, 0.1) is 0 Å². The Hall–Kier alpha value is 3.86. The van der Waals surface area contributed by atoms with E-state index < -0.39 is 7.82 Å². The summed E-state index contributed by atoms with van der Waals surface area (Å²) in [4.78, 5) is 21.6. The Morgan fingerprint density at radius 2 is 1.22 bits per heavy atom. The first kappa shape index (κ1) is 29.3. The molecule has 0 aromatic rings. The predicted molar refractivity (Wildman–Crippen MR) is 17.6 cm³/mol. The fourth-order valence-corrected chi connectivity index (χ4v) is 0. The van der Waals surface area contributed by atoms with E-state index in [4.69, 9.17) is 19.2 Å². The summed E-state index contributed by atoms with van der Waals surface area (Å²) < 4.78 is 8.88. The molecule has 9 heteroatoms. The van der Waals surface area contributed by atoms with Crippen molar-refractivity contribution >= 4 is 7.82 Å². The van der Waals surface area contributed by atoms with Crippen LogP contribution in [0.3, 0.4) is 0 Å². The Balaban J connectivity index is -0.00000000381.